The molecule has 1 aromatic heterocycles. The van der Waals surface area contributed by atoms with Crippen molar-refractivity contribution in [2.24, 2.45) is 0 Å². The lowest BCUT2D eigenvalue weighted by atomic mass is 9.71. The van der Waals surface area contributed by atoms with Crippen molar-refractivity contribution in [3.05, 3.63) is 35.9 Å². The van der Waals surface area contributed by atoms with E-state index in [-0.39, 0.29) is 16.7 Å². The van der Waals surface area contributed by atoms with E-state index in [1.165, 1.54) is 17.3 Å². The number of thioether (sulfide) groups is 1. The first-order valence-corrected chi connectivity index (χ1v) is 9.38. The van der Waals surface area contributed by atoms with Gasteiger partial charge in [-0.1, -0.05) is 42.1 Å². The minimum atomic E-state index is -0.227. The molecule has 6 nitrogen and oxygen atoms in total. The molecule has 2 fully saturated rings. The molecule has 1 atom stereocenters. The van der Waals surface area contributed by atoms with E-state index in [9.17, 15) is 4.79 Å². The van der Waals surface area contributed by atoms with E-state index in [0.29, 0.717) is 6.04 Å². The first-order valence-electron chi connectivity index (χ1n) is 8.50. The standard InChI is InChI=1S/C17H21N5OS/c1-12(24-16-19-20-21-22(16)14-8-9-14)15(23)18-17(10-5-11-17)13-6-3-2-4-7-13/h2-4,6-7,12,14H,5,8-11H2,1H3,(H,18,23)/t12-/m1/s1. The molecule has 0 spiro atoms. The Morgan fingerprint density at radius 2 is 2.08 bits per heavy atom. The number of nitrogens with zero attached hydrogens (tertiary/aromatic N) is 4. The molecule has 0 aliphatic heterocycles. The van der Waals surface area contributed by atoms with Gasteiger partial charge in [0.25, 0.3) is 0 Å². The van der Waals surface area contributed by atoms with Crippen molar-refractivity contribution in [3.8, 4) is 0 Å². The number of nitrogens with one attached hydrogen (secondary N) is 1. The molecule has 126 valence electrons. The Morgan fingerprint density at radius 1 is 1.33 bits per heavy atom. The number of hydrogen-bond acceptors (Lipinski definition) is 5. The van der Waals surface area contributed by atoms with Crippen LogP contribution in [0.15, 0.2) is 35.5 Å². The van der Waals surface area contributed by atoms with Gasteiger partial charge >= 0.3 is 0 Å². The minimum absolute atomic E-state index is 0.0499. The van der Waals surface area contributed by atoms with Crippen LogP contribution in [0.25, 0.3) is 0 Å². The summed E-state index contributed by atoms with van der Waals surface area (Å²) in [6.45, 7) is 1.92. The largest absolute Gasteiger partial charge is 0.346 e. The minimum Gasteiger partial charge on any atom is -0.346 e. The first kappa shape index (κ1) is 15.6. The molecular formula is C17H21N5OS. The molecule has 4 rings (SSSR count). The van der Waals surface area contributed by atoms with Gasteiger partial charge in [0.2, 0.25) is 11.1 Å². The third kappa shape index (κ3) is 2.92. The van der Waals surface area contributed by atoms with Gasteiger partial charge in [-0.2, -0.15) is 0 Å². The maximum absolute atomic E-state index is 12.7. The van der Waals surface area contributed by atoms with Crippen molar-refractivity contribution >= 4 is 17.7 Å². The van der Waals surface area contributed by atoms with Crippen LogP contribution in [0.1, 0.15) is 50.6 Å². The topological polar surface area (TPSA) is 72.7 Å². The number of rotatable bonds is 6. The van der Waals surface area contributed by atoms with Gasteiger partial charge in [0.05, 0.1) is 16.8 Å². The van der Waals surface area contributed by atoms with Crippen LogP contribution in [0.4, 0.5) is 0 Å². The summed E-state index contributed by atoms with van der Waals surface area (Å²) in [6, 6.07) is 10.7. The number of carbonyl (C=O) groups excluding carboxylic acids is 1. The number of amides is 1. The van der Waals surface area contributed by atoms with Crippen LogP contribution >= 0.6 is 11.8 Å². The predicted octanol–water partition coefficient (Wildman–Crippen LogP) is 2.68. The van der Waals surface area contributed by atoms with Crippen LogP contribution in [0.3, 0.4) is 0 Å². The molecule has 1 amide bonds. The molecule has 2 aliphatic rings. The molecule has 2 saturated carbocycles. The van der Waals surface area contributed by atoms with Crippen molar-refractivity contribution in [3.63, 3.8) is 0 Å². The summed E-state index contributed by atoms with van der Waals surface area (Å²) in [7, 11) is 0. The molecule has 7 heteroatoms. The smallest absolute Gasteiger partial charge is 0.234 e. The summed E-state index contributed by atoms with van der Waals surface area (Å²) in [6.07, 6.45) is 5.39. The highest BCUT2D eigenvalue weighted by atomic mass is 32.2. The summed E-state index contributed by atoms with van der Waals surface area (Å²) in [5.74, 6) is 0.0499. The van der Waals surface area contributed by atoms with Crippen molar-refractivity contribution in [2.45, 2.75) is 61.0 Å². The van der Waals surface area contributed by atoms with E-state index in [1.54, 1.807) is 0 Å². The molecule has 0 unspecified atom stereocenters. The molecule has 24 heavy (non-hydrogen) atoms. The summed E-state index contributed by atoms with van der Waals surface area (Å²) in [4.78, 5) is 12.7. The first-order chi connectivity index (χ1) is 11.7. The zero-order valence-corrected chi connectivity index (χ0v) is 14.5. The van der Waals surface area contributed by atoms with Gasteiger partial charge in [0.1, 0.15) is 0 Å². The molecule has 1 heterocycles. The van der Waals surface area contributed by atoms with E-state index in [0.717, 1.165) is 37.3 Å². The number of hydrogen-bond donors (Lipinski definition) is 1. The lowest BCUT2D eigenvalue weighted by Gasteiger charge is -2.43. The molecule has 0 bridgehead atoms. The normalized spacial score (nSPS) is 20.2. The van der Waals surface area contributed by atoms with Crippen molar-refractivity contribution in [1.29, 1.82) is 0 Å². The lowest BCUT2D eigenvalue weighted by Crippen LogP contribution is -2.52. The zero-order chi connectivity index (χ0) is 16.6. The third-order valence-corrected chi connectivity index (χ3v) is 5.95. The van der Waals surface area contributed by atoms with E-state index < -0.39 is 0 Å². The fourth-order valence-electron chi connectivity index (χ4n) is 3.13. The average molecular weight is 343 g/mol. The summed E-state index contributed by atoms with van der Waals surface area (Å²) >= 11 is 1.44. The molecular weight excluding hydrogens is 322 g/mol. The highest BCUT2D eigenvalue weighted by Gasteiger charge is 2.41. The van der Waals surface area contributed by atoms with Gasteiger partial charge < -0.3 is 5.32 Å². The van der Waals surface area contributed by atoms with Crippen molar-refractivity contribution < 1.29 is 4.79 Å². The Hall–Kier alpha value is -1.89. The highest BCUT2D eigenvalue weighted by Crippen LogP contribution is 2.42. The quantitative estimate of drug-likeness (QED) is 0.817. The maximum Gasteiger partial charge on any atom is 0.234 e. The van der Waals surface area contributed by atoms with Crippen LogP contribution in [0, 0.1) is 0 Å². The summed E-state index contributed by atoms with van der Waals surface area (Å²) < 4.78 is 1.85. The average Bonchev–Trinajstić information content (AvgIpc) is 3.31. The molecule has 1 N–H and O–H groups in total. The van der Waals surface area contributed by atoms with Crippen LogP contribution < -0.4 is 5.32 Å². The van der Waals surface area contributed by atoms with E-state index in [1.807, 2.05) is 29.8 Å². The Kier molecular flexibility index (Phi) is 4.04. The summed E-state index contributed by atoms with van der Waals surface area (Å²) in [5.41, 5.74) is 1.000. The summed E-state index contributed by atoms with van der Waals surface area (Å²) in [5, 5.41) is 15.7. The van der Waals surface area contributed by atoms with Gasteiger partial charge in [-0.25, -0.2) is 4.68 Å². The Labute approximate surface area is 145 Å². The second-order valence-corrected chi connectivity index (χ2v) is 8.00. The Bertz CT molecular complexity index is 724. The number of tetrazole rings is 1. The lowest BCUT2D eigenvalue weighted by molar-refractivity contribution is -0.123. The van der Waals surface area contributed by atoms with Gasteiger partial charge in [-0.3, -0.25) is 4.79 Å². The second-order valence-electron chi connectivity index (χ2n) is 6.69. The predicted molar refractivity (Wildman–Crippen MR) is 91.5 cm³/mol. The molecule has 0 radical (unpaired) electrons. The highest BCUT2D eigenvalue weighted by molar-refractivity contribution is 8.00. The number of aromatic nitrogens is 4. The maximum atomic E-state index is 12.7. The van der Waals surface area contributed by atoms with Gasteiger partial charge in [-0.15, -0.1) is 5.10 Å². The van der Waals surface area contributed by atoms with Crippen molar-refractivity contribution in [2.75, 3.05) is 0 Å². The Morgan fingerprint density at radius 3 is 2.71 bits per heavy atom. The molecule has 2 aliphatic carbocycles. The monoisotopic (exact) mass is 343 g/mol. The van der Waals surface area contributed by atoms with Crippen molar-refractivity contribution in [1.82, 2.24) is 25.5 Å². The third-order valence-electron chi connectivity index (χ3n) is 4.90. The second kappa shape index (κ2) is 6.20. The van der Waals surface area contributed by atoms with Gasteiger partial charge in [0, 0.05) is 0 Å². The Balaban J connectivity index is 1.44. The zero-order valence-electron chi connectivity index (χ0n) is 13.7. The van der Waals surface area contributed by atoms with E-state index in [4.69, 9.17) is 0 Å². The number of carbonyl (C=O) groups is 1. The molecule has 2 aromatic rings. The van der Waals surface area contributed by atoms with Crippen LogP contribution in [0.2, 0.25) is 0 Å². The fourth-order valence-corrected chi connectivity index (χ4v) is 3.99. The number of benzene rings is 1. The SMILES string of the molecule is C[C@@H](Sc1nnnn1C1CC1)C(=O)NC1(c2ccccc2)CCC1. The van der Waals surface area contributed by atoms with Crippen LogP contribution in [-0.4, -0.2) is 31.4 Å². The van der Waals surface area contributed by atoms with E-state index >= 15 is 0 Å². The molecule has 0 saturated heterocycles. The molecule has 1 aromatic carbocycles. The van der Waals surface area contributed by atoms with Crippen LogP contribution in [0.5, 0.6) is 0 Å². The fraction of sp³-hybridized carbons (Fsp3) is 0.529. The van der Waals surface area contributed by atoms with E-state index in [2.05, 4.69) is 33.0 Å². The van der Waals surface area contributed by atoms with Gasteiger partial charge in [-0.05, 0) is 55.0 Å². The van der Waals surface area contributed by atoms with Gasteiger partial charge in [0.15, 0.2) is 0 Å². The van der Waals surface area contributed by atoms with Crippen LogP contribution in [-0.2, 0) is 10.3 Å².